The van der Waals surface area contributed by atoms with Crippen LogP contribution < -0.4 is 0 Å². The molecule has 0 spiro atoms. The molecule has 0 saturated carbocycles. The van der Waals surface area contributed by atoms with Gasteiger partial charge < -0.3 is 5.11 Å². The number of benzene rings is 1. The van der Waals surface area contributed by atoms with Crippen molar-refractivity contribution in [3.63, 3.8) is 0 Å². The molecule has 1 aliphatic rings. The van der Waals surface area contributed by atoms with Crippen LogP contribution in [0.4, 0.5) is 0 Å². The zero-order chi connectivity index (χ0) is 14.7. The molecule has 2 aromatic rings. The van der Waals surface area contributed by atoms with Crippen molar-refractivity contribution < 1.29 is 5.11 Å². The number of aromatic nitrogens is 3. The highest BCUT2D eigenvalue weighted by Crippen LogP contribution is 2.30. The van der Waals surface area contributed by atoms with Crippen LogP contribution in [0.5, 0.6) is 0 Å². The molecule has 0 bridgehead atoms. The molecule has 2 heterocycles. The number of nitriles is 1. The molecule has 6 heteroatoms. The molecular weight excluding hydrogens is 266 g/mol. The fourth-order valence-electron chi connectivity index (χ4n) is 2.90. The van der Waals surface area contributed by atoms with E-state index in [-0.39, 0.29) is 0 Å². The molecule has 1 aromatic heterocycles. The number of likely N-dealkylation sites (tertiary alicyclic amines) is 1. The van der Waals surface area contributed by atoms with Crippen molar-refractivity contribution in [3.05, 3.63) is 47.3 Å². The van der Waals surface area contributed by atoms with Gasteiger partial charge in [-0.1, -0.05) is 18.2 Å². The lowest BCUT2D eigenvalue weighted by molar-refractivity contribution is -0.0414. The number of nitrogens with one attached hydrogen (secondary N) is 1. The predicted molar refractivity (Wildman–Crippen MR) is 75.9 cm³/mol. The highest BCUT2D eigenvalue weighted by Gasteiger charge is 2.37. The van der Waals surface area contributed by atoms with Crippen LogP contribution in [0.15, 0.2) is 30.5 Å². The Hall–Kier alpha value is -2.23. The first kappa shape index (κ1) is 13.7. The molecule has 0 unspecified atom stereocenters. The number of H-pyrrole nitrogens is 1. The fourth-order valence-corrected chi connectivity index (χ4v) is 2.90. The van der Waals surface area contributed by atoms with Gasteiger partial charge in [0.25, 0.3) is 0 Å². The minimum absolute atomic E-state index is 0.499. The second-order valence-electron chi connectivity index (χ2n) is 5.47. The molecule has 1 aliphatic heterocycles. The third kappa shape index (κ3) is 2.79. The standard InChI is InChI=1S/C15H17N5O/c16-8-12-4-1-2-5-13(12)10-20-7-3-6-15(21,11-20)14-9-17-19-18-14/h1-2,4-5,9,21H,3,6-7,10-11H2,(H,17,18,19)/t15-/m0/s1. The van der Waals surface area contributed by atoms with Gasteiger partial charge in [0.2, 0.25) is 0 Å². The molecule has 0 amide bonds. The Morgan fingerprint density at radius 1 is 1.43 bits per heavy atom. The van der Waals surface area contributed by atoms with Gasteiger partial charge in [0.05, 0.1) is 17.8 Å². The zero-order valence-electron chi connectivity index (χ0n) is 11.7. The maximum atomic E-state index is 10.8. The van der Waals surface area contributed by atoms with Crippen LogP contribution in [0.2, 0.25) is 0 Å². The van der Waals surface area contributed by atoms with Crippen LogP contribution >= 0.6 is 0 Å². The van der Waals surface area contributed by atoms with Gasteiger partial charge in [0.15, 0.2) is 0 Å². The first-order valence-corrected chi connectivity index (χ1v) is 7.00. The van der Waals surface area contributed by atoms with Crippen LogP contribution in [-0.2, 0) is 12.1 Å². The van der Waals surface area contributed by atoms with Crippen molar-refractivity contribution >= 4 is 0 Å². The molecule has 1 saturated heterocycles. The van der Waals surface area contributed by atoms with Gasteiger partial charge in [-0.25, -0.2) is 0 Å². The normalized spacial score (nSPS) is 22.9. The molecule has 6 nitrogen and oxygen atoms in total. The summed E-state index contributed by atoms with van der Waals surface area (Å²) < 4.78 is 0. The highest BCUT2D eigenvalue weighted by atomic mass is 16.3. The van der Waals surface area contributed by atoms with Gasteiger partial charge in [-0.05, 0) is 31.0 Å². The molecule has 1 atom stereocenters. The van der Waals surface area contributed by atoms with Crippen LogP contribution in [-0.4, -0.2) is 38.5 Å². The van der Waals surface area contributed by atoms with Crippen molar-refractivity contribution in [1.29, 1.82) is 5.26 Å². The average molecular weight is 283 g/mol. The van der Waals surface area contributed by atoms with E-state index in [1.165, 1.54) is 0 Å². The van der Waals surface area contributed by atoms with E-state index in [1.807, 2.05) is 24.3 Å². The molecular formula is C15H17N5O. The predicted octanol–water partition coefficient (Wildman–Crippen LogP) is 1.16. The number of rotatable bonds is 3. The number of aliphatic hydroxyl groups is 1. The van der Waals surface area contributed by atoms with Crippen LogP contribution in [0, 0.1) is 11.3 Å². The average Bonchev–Trinajstić information content (AvgIpc) is 3.03. The van der Waals surface area contributed by atoms with E-state index in [1.54, 1.807) is 6.20 Å². The number of aromatic amines is 1. The molecule has 108 valence electrons. The van der Waals surface area contributed by atoms with Gasteiger partial charge in [0, 0.05) is 13.1 Å². The van der Waals surface area contributed by atoms with Crippen molar-refractivity contribution in [2.24, 2.45) is 0 Å². The van der Waals surface area contributed by atoms with Gasteiger partial charge in [0.1, 0.15) is 11.3 Å². The topological polar surface area (TPSA) is 88.8 Å². The molecule has 1 fully saturated rings. The van der Waals surface area contributed by atoms with Gasteiger partial charge in [-0.3, -0.25) is 4.90 Å². The minimum Gasteiger partial charge on any atom is -0.382 e. The summed E-state index contributed by atoms with van der Waals surface area (Å²) >= 11 is 0. The first-order chi connectivity index (χ1) is 10.2. The molecule has 21 heavy (non-hydrogen) atoms. The molecule has 2 N–H and O–H groups in total. The Morgan fingerprint density at radius 2 is 2.29 bits per heavy atom. The van der Waals surface area contributed by atoms with E-state index in [0.717, 1.165) is 18.5 Å². The van der Waals surface area contributed by atoms with E-state index in [0.29, 0.717) is 30.8 Å². The second kappa shape index (κ2) is 5.64. The lowest BCUT2D eigenvalue weighted by Crippen LogP contribution is -2.46. The number of hydrogen-bond acceptors (Lipinski definition) is 5. The molecule has 1 aromatic carbocycles. The molecule has 3 rings (SSSR count). The third-order valence-electron chi connectivity index (χ3n) is 3.97. The summed E-state index contributed by atoms with van der Waals surface area (Å²) in [6, 6.07) is 9.80. The van der Waals surface area contributed by atoms with Crippen molar-refractivity contribution in [3.8, 4) is 6.07 Å². The lowest BCUT2D eigenvalue weighted by Gasteiger charge is -2.38. The quantitative estimate of drug-likeness (QED) is 0.882. The van der Waals surface area contributed by atoms with Gasteiger partial charge in [-0.2, -0.15) is 20.7 Å². The summed E-state index contributed by atoms with van der Waals surface area (Å²) in [5, 5.41) is 30.3. The lowest BCUT2D eigenvalue weighted by atomic mass is 9.89. The van der Waals surface area contributed by atoms with Crippen molar-refractivity contribution in [1.82, 2.24) is 20.3 Å². The Kier molecular flexibility index (Phi) is 3.69. The van der Waals surface area contributed by atoms with E-state index < -0.39 is 5.60 Å². The maximum Gasteiger partial charge on any atom is 0.123 e. The van der Waals surface area contributed by atoms with Crippen LogP contribution in [0.3, 0.4) is 0 Å². The maximum absolute atomic E-state index is 10.8. The number of β-amino-alcohol motifs (C(OH)–C–C–N with tert-alkyl or cyclic N) is 1. The summed E-state index contributed by atoms with van der Waals surface area (Å²) in [6.45, 7) is 2.06. The summed E-state index contributed by atoms with van der Waals surface area (Å²) in [7, 11) is 0. The Balaban J connectivity index is 1.77. The highest BCUT2D eigenvalue weighted by molar-refractivity contribution is 5.37. The number of hydrogen-bond donors (Lipinski definition) is 2. The first-order valence-electron chi connectivity index (χ1n) is 7.00. The number of piperidine rings is 1. The van der Waals surface area contributed by atoms with E-state index in [9.17, 15) is 5.11 Å². The zero-order valence-corrected chi connectivity index (χ0v) is 11.7. The van der Waals surface area contributed by atoms with E-state index >= 15 is 0 Å². The monoisotopic (exact) mass is 283 g/mol. The SMILES string of the molecule is N#Cc1ccccc1CN1CCC[C@@](O)(c2cn[nH]n2)C1. The summed E-state index contributed by atoms with van der Waals surface area (Å²) in [4.78, 5) is 2.16. The van der Waals surface area contributed by atoms with Crippen LogP contribution in [0.25, 0.3) is 0 Å². The summed E-state index contributed by atoms with van der Waals surface area (Å²) in [6.07, 6.45) is 3.14. The smallest absolute Gasteiger partial charge is 0.123 e. The summed E-state index contributed by atoms with van der Waals surface area (Å²) in [5.41, 5.74) is 1.30. The van der Waals surface area contributed by atoms with E-state index in [2.05, 4.69) is 26.4 Å². The largest absolute Gasteiger partial charge is 0.382 e. The number of nitrogens with zero attached hydrogens (tertiary/aromatic N) is 4. The third-order valence-corrected chi connectivity index (χ3v) is 3.97. The molecule has 0 aliphatic carbocycles. The summed E-state index contributed by atoms with van der Waals surface area (Å²) in [5.74, 6) is 0. The van der Waals surface area contributed by atoms with Gasteiger partial charge in [-0.15, -0.1) is 0 Å². The van der Waals surface area contributed by atoms with E-state index in [4.69, 9.17) is 5.26 Å². The van der Waals surface area contributed by atoms with Crippen LogP contribution in [0.1, 0.15) is 29.7 Å². The van der Waals surface area contributed by atoms with Crippen molar-refractivity contribution in [2.75, 3.05) is 13.1 Å². The van der Waals surface area contributed by atoms with Crippen molar-refractivity contribution in [2.45, 2.75) is 25.0 Å². The fraction of sp³-hybridized carbons (Fsp3) is 0.400. The minimum atomic E-state index is -0.965. The van der Waals surface area contributed by atoms with Gasteiger partial charge >= 0.3 is 0 Å². The Labute approximate surface area is 123 Å². The second-order valence-corrected chi connectivity index (χ2v) is 5.47. The molecule has 0 radical (unpaired) electrons. The Bertz CT molecular complexity index is 648. The Morgan fingerprint density at radius 3 is 3.05 bits per heavy atom.